The number of hydrogen-bond donors (Lipinski definition) is 1. The van der Waals surface area contributed by atoms with E-state index in [-0.39, 0.29) is 12.3 Å². The first kappa shape index (κ1) is 12.5. The third-order valence-corrected chi connectivity index (χ3v) is 3.09. The van der Waals surface area contributed by atoms with Crippen LogP contribution in [0.5, 0.6) is 0 Å². The van der Waals surface area contributed by atoms with Gasteiger partial charge in [-0.3, -0.25) is 10.1 Å². The molecule has 1 aromatic heterocycles. The number of rotatable bonds is 4. The molecule has 0 bridgehead atoms. The molecule has 0 fully saturated rings. The zero-order valence-corrected chi connectivity index (χ0v) is 10.0. The Kier molecular flexibility index (Phi) is 3.85. The minimum absolute atomic E-state index is 0.0253. The van der Waals surface area contributed by atoms with E-state index < -0.39 is 4.92 Å². The van der Waals surface area contributed by atoms with Gasteiger partial charge in [0.1, 0.15) is 0 Å². The van der Waals surface area contributed by atoms with Crippen molar-refractivity contribution in [3.8, 4) is 0 Å². The van der Waals surface area contributed by atoms with Crippen molar-refractivity contribution in [2.45, 2.75) is 16.7 Å². The highest BCUT2D eigenvalue weighted by Gasteiger charge is 2.14. The molecule has 0 amide bonds. The Labute approximate surface area is 107 Å². The first-order valence-corrected chi connectivity index (χ1v) is 5.85. The van der Waals surface area contributed by atoms with Crippen LogP contribution in [-0.2, 0) is 6.61 Å². The molecule has 0 aliphatic carbocycles. The summed E-state index contributed by atoms with van der Waals surface area (Å²) in [5.74, 6) is 0. The van der Waals surface area contributed by atoms with E-state index in [1.807, 2.05) is 0 Å². The zero-order chi connectivity index (χ0) is 13.0. The molecule has 18 heavy (non-hydrogen) atoms. The fraction of sp³-hybridized carbons (Fsp3) is 0.0909. The molecule has 1 heterocycles. The SMILES string of the molecule is O=[N+]([O-])c1ccccc1Sc1ncc(CO)cn1. The van der Waals surface area contributed by atoms with E-state index >= 15 is 0 Å². The van der Waals surface area contributed by atoms with Gasteiger partial charge in [0.25, 0.3) is 5.69 Å². The summed E-state index contributed by atoms with van der Waals surface area (Å²) in [6.45, 7) is -0.129. The van der Waals surface area contributed by atoms with Crippen molar-refractivity contribution in [2.75, 3.05) is 0 Å². The maximum absolute atomic E-state index is 10.8. The molecule has 0 unspecified atom stereocenters. The van der Waals surface area contributed by atoms with E-state index in [4.69, 9.17) is 5.11 Å². The fourth-order valence-electron chi connectivity index (χ4n) is 1.27. The first-order chi connectivity index (χ1) is 8.70. The second-order valence-electron chi connectivity index (χ2n) is 3.36. The second-order valence-corrected chi connectivity index (χ2v) is 4.37. The lowest BCUT2D eigenvalue weighted by molar-refractivity contribution is -0.387. The summed E-state index contributed by atoms with van der Waals surface area (Å²) in [5.41, 5.74) is 0.624. The largest absolute Gasteiger partial charge is 0.392 e. The van der Waals surface area contributed by atoms with Gasteiger partial charge >= 0.3 is 0 Å². The molecule has 7 heteroatoms. The van der Waals surface area contributed by atoms with Crippen LogP contribution in [0.4, 0.5) is 5.69 Å². The predicted octanol–water partition coefficient (Wildman–Crippen LogP) is 2.03. The Bertz CT molecular complexity index is 560. The zero-order valence-electron chi connectivity index (χ0n) is 9.18. The van der Waals surface area contributed by atoms with E-state index in [2.05, 4.69) is 9.97 Å². The molecule has 1 N–H and O–H groups in total. The lowest BCUT2D eigenvalue weighted by Gasteiger charge is -2.01. The van der Waals surface area contributed by atoms with E-state index in [1.54, 1.807) is 18.2 Å². The molecule has 0 spiro atoms. The number of nitro benzene ring substituents is 1. The standard InChI is InChI=1S/C11H9N3O3S/c15-7-8-5-12-11(13-6-8)18-10-4-2-1-3-9(10)14(16)17/h1-6,15H,7H2. The van der Waals surface area contributed by atoms with Gasteiger partial charge in [0.05, 0.1) is 16.4 Å². The van der Waals surface area contributed by atoms with Crippen LogP contribution in [-0.4, -0.2) is 20.0 Å². The van der Waals surface area contributed by atoms with Gasteiger partial charge in [0.15, 0.2) is 5.16 Å². The topological polar surface area (TPSA) is 89.2 Å². The van der Waals surface area contributed by atoms with Crippen molar-refractivity contribution in [3.63, 3.8) is 0 Å². The van der Waals surface area contributed by atoms with Crippen molar-refractivity contribution in [1.82, 2.24) is 9.97 Å². The number of aromatic nitrogens is 2. The van der Waals surface area contributed by atoms with Crippen LogP contribution in [0.1, 0.15) is 5.56 Å². The summed E-state index contributed by atoms with van der Waals surface area (Å²) in [6, 6.07) is 6.41. The van der Waals surface area contributed by atoms with Gasteiger partial charge in [-0.15, -0.1) is 0 Å². The highest BCUT2D eigenvalue weighted by molar-refractivity contribution is 7.99. The first-order valence-electron chi connectivity index (χ1n) is 5.04. The summed E-state index contributed by atoms with van der Waals surface area (Å²) < 4.78 is 0. The maximum atomic E-state index is 10.8. The van der Waals surface area contributed by atoms with Crippen molar-refractivity contribution < 1.29 is 10.0 Å². The molecule has 0 saturated carbocycles. The maximum Gasteiger partial charge on any atom is 0.283 e. The van der Waals surface area contributed by atoms with Crippen LogP contribution in [0.15, 0.2) is 46.7 Å². The average Bonchev–Trinajstić information content (AvgIpc) is 2.40. The van der Waals surface area contributed by atoms with Crippen molar-refractivity contribution in [3.05, 3.63) is 52.3 Å². The molecule has 2 rings (SSSR count). The normalized spacial score (nSPS) is 10.3. The van der Waals surface area contributed by atoms with E-state index in [9.17, 15) is 10.1 Å². The molecule has 6 nitrogen and oxygen atoms in total. The molecule has 1 aromatic carbocycles. The molecule has 0 aliphatic rings. The highest BCUT2D eigenvalue weighted by atomic mass is 32.2. The van der Waals surface area contributed by atoms with E-state index in [1.165, 1.54) is 18.5 Å². The second kappa shape index (κ2) is 5.56. The average molecular weight is 263 g/mol. The Balaban J connectivity index is 2.25. The van der Waals surface area contributed by atoms with Gasteiger partial charge < -0.3 is 5.11 Å². The summed E-state index contributed by atoms with van der Waals surface area (Å²) in [6.07, 6.45) is 2.98. The molecular formula is C11H9N3O3S. The molecule has 92 valence electrons. The van der Waals surface area contributed by atoms with Gasteiger partial charge in [-0.25, -0.2) is 9.97 Å². The number of nitrogens with zero attached hydrogens (tertiary/aromatic N) is 3. The quantitative estimate of drug-likeness (QED) is 0.515. The molecule has 0 aliphatic heterocycles. The van der Waals surface area contributed by atoms with Gasteiger partial charge in [0, 0.05) is 24.0 Å². The fourth-order valence-corrected chi connectivity index (χ4v) is 2.07. The Morgan fingerprint density at radius 2 is 1.94 bits per heavy atom. The van der Waals surface area contributed by atoms with Gasteiger partial charge in [-0.2, -0.15) is 0 Å². The Morgan fingerprint density at radius 3 is 2.56 bits per heavy atom. The van der Waals surface area contributed by atoms with E-state index in [0.717, 1.165) is 11.8 Å². The summed E-state index contributed by atoms with van der Waals surface area (Å²) >= 11 is 1.12. The van der Waals surface area contributed by atoms with Crippen molar-refractivity contribution in [1.29, 1.82) is 0 Å². The minimum Gasteiger partial charge on any atom is -0.392 e. The van der Waals surface area contributed by atoms with Crippen LogP contribution < -0.4 is 0 Å². The molecule has 2 aromatic rings. The third kappa shape index (κ3) is 2.82. The monoisotopic (exact) mass is 263 g/mol. The highest BCUT2D eigenvalue weighted by Crippen LogP contribution is 2.32. The number of hydrogen-bond acceptors (Lipinski definition) is 6. The van der Waals surface area contributed by atoms with Crippen LogP contribution in [0, 0.1) is 10.1 Å². The number of para-hydroxylation sites is 1. The number of aliphatic hydroxyl groups excluding tert-OH is 1. The molecule has 0 radical (unpaired) electrons. The van der Waals surface area contributed by atoms with Crippen molar-refractivity contribution >= 4 is 17.4 Å². The number of aliphatic hydroxyl groups is 1. The third-order valence-electron chi connectivity index (χ3n) is 2.13. The summed E-state index contributed by atoms with van der Waals surface area (Å²) in [7, 11) is 0. The minimum atomic E-state index is -0.440. The lowest BCUT2D eigenvalue weighted by Crippen LogP contribution is -1.93. The van der Waals surface area contributed by atoms with Crippen molar-refractivity contribution in [2.24, 2.45) is 0 Å². The van der Waals surface area contributed by atoms with Gasteiger partial charge in [-0.1, -0.05) is 12.1 Å². The van der Waals surface area contributed by atoms with Crippen LogP contribution >= 0.6 is 11.8 Å². The predicted molar refractivity (Wildman–Crippen MR) is 65.2 cm³/mol. The molecule has 0 atom stereocenters. The molecular weight excluding hydrogens is 254 g/mol. The summed E-state index contributed by atoms with van der Waals surface area (Å²) in [4.78, 5) is 18.9. The Morgan fingerprint density at radius 1 is 1.28 bits per heavy atom. The number of benzene rings is 1. The Hall–Kier alpha value is -1.99. The van der Waals surface area contributed by atoms with Gasteiger partial charge in [0.2, 0.25) is 0 Å². The number of nitro groups is 1. The van der Waals surface area contributed by atoms with Gasteiger partial charge in [-0.05, 0) is 17.8 Å². The lowest BCUT2D eigenvalue weighted by atomic mass is 10.3. The van der Waals surface area contributed by atoms with Crippen LogP contribution in [0.2, 0.25) is 0 Å². The smallest absolute Gasteiger partial charge is 0.283 e. The molecule has 0 saturated heterocycles. The summed E-state index contributed by atoms with van der Waals surface area (Å²) in [5, 5.41) is 20.1. The van der Waals surface area contributed by atoms with Crippen LogP contribution in [0.25, 0.3) is 0 Å². The van der Waals surface area contributed by atoms with Crippen LogP contribution in [0.3, 0.4) is 0 Å². The van der Waals surface area contributed by atoms with E-state index in [0.29, 0.717) is 15.6 Å².